The molecule has 0 aromatic heterocycles. The van der Waals surface area contributed by atoms with E-state index < -0.39 is 28.9 Å². The molecule has 0 amide bonds. The molecule has 0 saturated carbocycles. The first-order valence-electron chi connectivity index (χ1n) is 20.6. The van der Waals surface area contributed by atoms with Crippen LogP contribution in [-0.2, 0) is 17.8 Å². The fraction of sp³-hybridized carbons (Fsp3) is 0.294. The first-order valence-corrected chi connectivity index (χ1v) is 20.6. The number of unbranched alkanes of at least 4 members (excludes halogenated alkanes) is 6. The summed E-state index contributed by atoms with van der Waals surface area (Å²) >= 11 is 0. The standard InChI is InChI=1S/C51H48F6O2/c1-3-5-7-15-29-49(30-16-8-6-4-2)43-31-35(37-23-27-47(45(33-37)50(52,53)54)58-39-17-11-9-12-18-39)21-25-41(43)42-26-22-36(32-44(42)49)38-24-28-48(46(34-38)51(55,56)57)59-40-19-13-10-14-20-40/h9-14,17-28,31-34H,3-8,15-16,29-30H2,1-2H3. The Kier molecular flexibility index (Phi) is 12.6. The summed E-state index contributed by atoms with van der Waals surface area (Å²) in [5.74, 6) is 0.0658. The van der Waals surface area contributed by atoms with Gasteiger partial charge < -0.3 is 9.47 Å². The molecule has 8 heteroatoms. The molecular weight excluding hydrogens is 759 g/mol. The van der Waals surface area contributed by atoms with Gasteiger partial charge in [-0.25, -0.2) is 0 Å². The zero-order chi connectivity index (χ0) is 41.6. The van der Waals surface area contributed by atoms with Crippen LogP contribution in [0, 0.1) is 0 Å². The molecule has 0 heterocycles. The molecule has 1 aliphatic rings. The van der Waals surface area contributed by atoms with Crippen LogP contribution in [-0.4, -0.2) is 0 Å². The van der Waals surface area contributed by atoms with Crippen LogP contribution >= 0.6 is 0 Å². The molecule has 6 aromatic carbocycles. The number of rotatable bonds is 16. The highest BCUT2D eigenvalue weighted by atomic mass is 19.4. The van der Waals surface area contributed by atoms with Crippen LogP contribution in [0.15, 0.2) is 133 Å². The quantitative estimate of drug-likeness (QED) is 0.0716. The summed E-state index contributed by atoms with van der Waals surface area (Å²) in [5, 5.41) is 0. The molecular formula is C51H48F6O2. The molecule has 6 aromatic rings. The Hall–Kier alpha value is -5.50. The minimum atomic E-state index is -4.66. The van der Waals surface area contributed by atoms with Gasteiger partial charge in [0.1, 0.15) is 23.0 Å². The van der Waals surface area contributed by atoms with Crippen LogP contribution in [0.1, 0.15) is 100 Å². The van der Waals surface area contributed by atoms with E-state index in [1.807, 2.05) is 24.3 Å². The van der Waals surface area contributed by atoms with E-state index in [0.29, 0.717) is 33.8 Å². The Bertz CT molecular complexity index is 2180. The molecule has 1 aliphatic carbocycles. The molecule has 59 heavy (non-hydrogen) atoms. The molecule has 0 atom stereocenters. The average Bonchev–Trinajstić information content (AvgIpc) is 3.49. The lowest BCUT2D eigenvalue weighted by molar-refractivity contribution is -0.139. The highest BCUT2D eigenvalue weighted by molar-refractivity contribution is 5.86. The minimum Gasteiger partial charge on any atom is -0.457 e. The summed E-state index contributed by atoms with van der Waals surface area (Å²) in [6.45, 7) is 4.33. The number of hydrogen-bond acceptors (Lipinski definition) is 2. The van der Waals surface area contributed by atoms with Gasteiger partial charge in [-0.1, -0.05) is 138 Å². The maximum absolute atomic E-state index is 14.6. The van der Waals surface area contributed by atoms with Crippen LogP contribution in [0.25, 0.3) is 33.4 Å². The highest BCUT2D eigenvalue weighted by Crippen LogP contribution is 2.56. The summed E-state index contributed by atoms with van der Waals surface area (Å²) in [4.78, 5) is 0. The molecule has 0 N–H and O–H groups in total. The number of ether oxygens (including phenoxy) is 2. The second-order valence-electron chi connectivity index (χ2n) is 15.5. The van der Waals surface area contributed by atoms with Crippen molar-refractivity contribution < 1.29 is 35.8 Å². The van der Waals surface area contributed by atoms with Crippen LogP contribution in [0.4, 0.5) is 26.3 Å². The largest absolute Gasteiger partial charge is 0.457 e. The minimum absolute atomic E-state index is 0.275. The first kappa shape index (κ1) is 41.7. The van der Waals surface area contributed by atoms with Gasteiger partial charge in [0, 0.05) is 5.41 Å². The van der Waals surface area contributed by atoms with Gasteiger partial charge in [0.05, 0.1) is 11.1 Å². The van der Waals surface area contributed by atoms with Gasteiger partial charge in [-0.3, -0.25) is 0 Å². The van der Waals surface area contributed by atoms with Crippen molar-refractivity contribution in [3.8, 4) is 56.4 Å². The summed E-state index contributed by atoms with van der Waals surface area (Å²) in [6, 6.07) is 37.1. The number of benzene rings is 6. The molecule has 0 unspecified atom stereocenters. The van der Waals surface area contributed by atoms with Crippen LogP contribution in [0.3, 0.4) is 0 Å². The van der Waals surface area contributed by atoms with Crippen molar-refractivity contribution in [2.45, 2.75) is 95.8 Å². The van der Waals surface area contributed by atoms with Gasteiger partial charge in [0.25, 0.3) is 0 Å². The van der Waals surface area contributed by atoms with Crippen molar-refractivity contribution in [2.24, 2.45) is 0 Å². The summed E-state index contributed by atoms with van der Waals surface area (Å²) in [5.41, 5.74) is 4.03. The summed E-state index contributed by atoms with van der Waals surface area (Å²) in [7, 11) is 0. The maximum atomic E-state index is 14.6. The van der Waals surface area contributed by atoms with Gasteiger partial charge in [0.15, 0.2) is 0 Å². The Morgan fingerprint density at radius 1 is 0.424 bits per heavy atom. The molecule has 2 nitrogen and oxygen atoms in total. The number of halogens is 6. The molecule has 306 valence electrons. The van der Waals surface area contributed by atoms with E-state index in [-0.39, 0.29) is 11.5 Å². The highest BCUT2D eigenvalue weighted by Gasteiger charge is 2.43. The topological polar surface area (TPSA) is 18.5 Å². The lowest BCUT2D eigenvalue weighted by atomic mass is 9.70. The van der Waals surface area contributed by atoms with E-state index in [1.54, 1.807) is 72.8 Å². The summed E-state index contributed by atoms with van der Waals surface area (Å²) < 4.78 is 99.1. The molecule has 0 saturated heterocycles. The molecule has 0 bridgehead atoms. The van der Waals surface area contributed by atoms with Crippen LogP contribution in [0.2, 0.25) is 0 Å². The van der Waals surface area contributed by atoms with E-state index in [1.165, 1.54) is 12.1 Å². The molecule has 0 radical (unpaired) electrons. The third kappa shape index (κ3) is 9.22. The van der Waals surface area contributed by atoms with Crippen molar-refractivity contribution in [3.63, 3.8) is 0 Å². The van der Waals surface area contributed by atoms with E-state index in [0.717, 1.165) is 98.6 Å². The first-order chi connectivity index (χ1) is 28.4. The third-order valence-electron chi connectivity index (χ3n) is 11.5. The van der Waals surface area contributed by atoms with Gasteiger partial charge in [-0.05, 0) is 118 Å². The van der Waals surface area contributed by atoms with Gasteiger partial charge in [-0.2, -0.15) is 26.3 Å². The van der Waals surface area contributed by atoms with E-state index in [2.05, 4.69) is 26.0 Å². The lowest BCUT2D eigenvalue weighted by Gasteiger charge is -2.33. The second kappa shape index (κ2) is 17.8. The zero-order valence-electron chi connectivity index (χ0n) is 33.4. The average molecular weight is 807 g/mol. The fourth-order valence-corrected chi connectivity index (χ4v) is 8.50. The Morgan fingerprint density at radius 3 is 1.17 bits per heavy atom. The Morgan fingerprint density at radius 2 is 0.797 bits per heavy atom. The van der Waals surface area contributed by atoms with E-state index >= 15 is 0 Å². The van der Waals surface area contributed by atoms with Crippen molar-refractivity contribution in [1.29, 1.82) is 0 Å². The van der Waals surface area contributed by atoms with Gasteiger partial charge >= 0.3 is 12.4 Å². The third-order valence-corrected chi connectivity index (χ3v) is 11.5. The van der Waals surface area contributed by atoms with E-state index in [4.69, 9.17) is 9.47 Å². The SMILES string of the molecule is CCCCCCC1(CCCCCC)c2cc(-c3ccc(Oc4ccccc4)c(C(F)(F)F)c3)ccc2-c2ccc(-c3ccc(Oc4ccccc4)c(C(F)(F)F)c3)cc21. The fourth-order valence-electron chi connectivity index (χ4n) is 8.50. The van der Waals surface area contributed by atoms with Crippen LogP contribution < -0.4 is 9.47 Å². The predicted octanol–water partition coefficient (Wildman–Crippen LogP) is 16.9. The van der Waals surface area contributed by atoms with Crippen molar-refractivity contribution in [3.05, 3.63) is 156 Å². The summed E-state index contributed by atoms with van der Waals surface area (Å²) in [6.07, 6.45) is 0.451. The monoisotopic (exact) mass is 806 g/mol. The number of hydrogen-bond donors (Lipinski definition) is 0. The lowest BCUT2D eigenvalue weighted by Crippen LogP contribution is -2.25. The molecule has 0 spiro atoms. The number of alkyl halides is 6. The van der Waals surface area contributed by atoms with Gasteiger partial charge in [0.2, 0.25) is 0 Å². The molecule has 0 aliphatic heterocycles. The molecule has 7 rings (SSSR count). The maximum Gasteiger partial charge on any atom is 0.420 e. The molecule has 0 fully saturated rings. The number of fused-ring (bicyclic) bond motifs is 3. The van der Waals surface area contributed by atoms with Crippen molar-refractivity contribution >= 4 is 0 Å². The predicted molar refractivity (Wildman–Crippen MR) is 224 cm³/mol. The Labute approximate surface area is 342 Å². The Balaban J connectivity index is 1.34. The second-order valence-corrected chi connectivity index (χ2v) is 15.5. The van der Waals surface area contributed by atoms with Crippen LogP contribution in [0.5, 0.6) is 23.0 Å². The van der Waals surface area contributed by atoms with Crippen molar-refractivity contribution in [2.75, 3.05) is 0 Å². The van der Waals surface area contributed by atoms with Crippen molar-refractivity contribution in [1.82, 2.24) is 0 Å². The smallest absolute Gasteiger partial charge is 0.420 e. The van der Waals surface area contributed by atoms with E-state index in [9.17, 15) is 26.3 Å². The number of para-hydroxylation sites is 2. The van der Waals surface area contributed by atoms with Gasteiger partial charge in [-0.15, -0.1) is 0 Å². The normalized spacial score (nSPS) is 13.2. The zero-order valence-corrected chi connectivity index (χ0v) is 33.4.